The molecule has 0 aliphatic heterocycles. The molecule has 0 aromatic heterocycles. The average Bonchev–Trinajstić information content (AvgIpc) is 2.47. The molecule has 1 aromatic rings. The highest BCUT2D eigenvalue weighted by Crippen LogP contribution is 2.23. The van der Waals surface area contributed by atoms with Gasteiger partial charge in [0, 0.05) is 12.2 Å². The molecular formula is C15H21F3N3O3+. The van der Waals surface area contributed by atoms with E-state index in [2.05, 4.69) is 15.4 Å². The Morgan fingerprint density at radius 2 is 1.67 bits per heavy atom. The first-order valence-corrected chi connectivity index (χ1v) is 7.49. The minimum atomic E-state index is -4.76. The molecule has 0 fully saturated rings. The van der Waals surface area contributed by atoms with E-state index >= 15 is 0 Å². The normalized spacial score (nSPS) is 12.4. The van der Waals surface area contributed by atoms with Gasteiger partial charge in [0.05, 0.1) is 6.54 Å². The zero-order chi connectivity index (χ0) is 18.2. The van der Waals surface area contributed by atoms with Gasteiger partial charge in [-0.1, -0.05) is 0 Å². The van der Waals surface area contributed by atoms with E-state index in [0.29, 0.717) is 18.8 Å². The van der Waals surface area contributed by atoms with Crippen LogP contribution in [0.5, 0.6) is 5.75 Å². The number of ether oxygens (including phenoxy) is 1. The van der Waals surface area contributed by atoms with Crippen LogP contribution in [0.25, 0.3) is 0 Å². The van der Waals surface area contributed by atoms with Crippen molar-refractivity contribution in [2.24, 2.45) is 0 Å². The molecule has 6 nitrogen and oxygen atoms in total. The Balaban J connectivity index is 2.53. The predicted octanol–water partition coefficient (Wildman–Crippen LogP) is 0.565. The molecular weight excluding hydrogens is 327 g/mol. The second kappa shape index (κ2) is 9.11. The van der Waals surface area contributed by atoms with Crippen molar-refractivity contribution in [2.75, 3.05) is 31.5 Å². The summed E-state index contributed by atoms with van der Waals surface area (Å²) in [6, 6.07) is 4.85. The number of likely N-dealkylation sites (N-methyl/N-ethyl adjacent to an activating group) is 2. The molecule has 0 aliphatic rings. The van der Waals surface area contributed by atoms with Gasteiger partial charge in [-0.25, -0.2) is 0 Å². The highest BCUT2D eigenvalue weighted by Gasteiger charge is 2.31. The third-order valence-electron chi connectivity index (χ3n) is 3.07. The summed E-state index contributed by atoms with van der Waals surface area (Å²) in [6.45, 7) is 5.02. The zero-order valence-corrected chi connectivity index (χ0v) is 13.5. The van der Waals surface area contributed by atoms with Gasteiger partial charge in [0.2, 0.25) is 0 Å². The van der Waals surface area contributed by atoms with Crippen LogP contribution < -0.4 is 20.3 Å². The molecule has 1 rings (SSSR count). The van der Waals surface area contributed by atoms with Gasteiger partial charge >= 0.3 is 6.36 Å². The number of rotatable bonds is 8. The lowest BCUT2D eigenvalue weighted by Gasteiger charge is -2.16. The number of quaternary nitrogens is 1. The summed E-state index contributed by atoms with van der Waals surface area (Å²) < 4.78 is 39.9. The maximum absolute atomic E-state index is 12.1. The number of halogens is 3. The van der Waals surface area contributed by atoms with Gasteiger partial charge in [-0.15, -0.1) is 13.2 Å². The molecule has 0 spiro atoms. The molecule has 9 heteroatoms. The molecule has 0 bridgehead atoms. The minimum absolute atomic E-state index is 0.0778. The first kappa shape index (κ1) is 19.8. The smallest absolute Gasteiger partial charge is 0.406 e. The van der Waals surface area contributed by atoms with Crippen LogP contribution in [0.15, 0.2) is 24.3 Å². The van der Waals surface area contributed by atoms with E-state index in [-0.39, 0.29) is 30.7 Å². The number of hydrogen-bond acceptors (Lipinski definition) is 3. The van der Waals surface area contributed by atoms with Gasteiger partial charge in [-0.05, 0) is 38.1 Å². The molecule has 0 heterocycles. The van der Waals surface area contributed by atoms with E-state index in [1.54, 1.807) is 0 Å². The molecule has 0 aliphatic carbocycles. The number of carbonyl (C=O) groups excluding carboxylic acids is 2. The fourth-order valence-electron chi connectivity index (χ4n) is 1.97. The van der Waals surface area contributed by atoms with Gasteiger partial charge in [0.1, 0.15) is 5.75 Å². The molecule has 2 amide bonds. The molecule has 0 radical (unpaired) electrons. The number of hydrogen-bond donors (Lipinski definition) is 3. The third-order valence-corrected chi connectivity index (χ3v) is 3.07. The fraction of sp³-hybridized carbons (Fsp3) is 0.467. The first-order chi connectivity index (χ1) is 11.2. The van der Waals surface area contributed by atoms with Gasteiger partial charge in [0.15, 0.2) is 13.1 Å². The zero-order valence-electron chi connectivity index (χ0n) is 13.5. The van der Waals surface area contributed by atoms with E-state index < -0.39 is 6.36 Å². The monoisotopic (exact) mass is 348 g/mol. The number of amides is 2. The van der Waals surface area contributed by atoms with Crippen molar-refractivity contribution in [3.8, 4) is 5.75 Å². The summed E-state index contributed by atoms with van der Waals surface area (Å²) in [7, 11) is 0. The Morgan fingerprint density at radius 1 is 1.08 bits per heavy atom. The second-order valence-electron chi connectivity index (χ2n) is 5.03. The largest absolute Gasteiger partial charge is 0.573 e. The molecule has 3 N–H and O–H groups in total. The Bertz CT molecular complexity index is 547. The van der Waals surface area contributed by atoms with Crippen LogP contribution in [0.1, 0.15) is 13.8 Å². The fourth-order valence-corrected chi connectivity index (χ4v) is 1.97. The highest BCUT2D eigenvalue weighted by molar-refractivity contribution is 5.91. The Kier molecular flexibility index (Phi) is 7.50. The Morgan fingerprint density at radius 3 is 2.17 bits per heavy atom. The maximum atomic E-state index is 12.1. The van der Waals surface area contributed by atoms with Crippen molar-refractivity contribution < 1.29 is 32.4 Å². The number of anilines is 1. The standard InChI is InChI=1S/C15H20F3N3O3/c1-3-19-13(22)9-21(4-2)10-14(23)20-11-5-7-12(8-6-11)24-15(16,17)18/h5-8H,3-4,9-10H2,1-2H3,(H,19,22)(H,20,23)/p+1. The summed E-state index contributed by atoms with van der Waals surface area (Å²) >= 11 is 0. The number of alkyl halides is 3. The van der Waals surface area contributed by atoms with Crippen LogP contribution in [-0.4, -0.2) is 44.4 Å². The lowest BCUT2D eigenvalue weighted by Crippen LogP contribution is -3.14. The van der Waals surface area contributed by atoms with Crippen molar-refractivity contribution in [2.45, 2.75) is 20.2 Å². The van der Waals surface area contributed by atoms with Crippen molar-refractivity contribution in [1.29, 1.82) is 0 Å². The lowest BCUT2D eigenvalue weighted by molar-refractivity contribution is -0.881. The Hall–Kier alpha value is -2.29. The van der Waals surface area contributed by atoms with Crippen molar-refractivity contribution in [3.63, 3.8) is 0 Å². The molecule has 0 saturated carbocycles. The van der Waals surface area contributed by atoms with E-state index in [9.17, 15) is 22.8 Å². The second-order valence-corrected chi connectivity index (χ2v) is 5.03. The summed E-state index contributed by atoms with van der Waals surface area (Å²) in [5, 5.41) is 5.23. The van der Waals surface area contributed by atoms with Crippen LogP contribution in [0.4, 0.5) is 18.9 Å². The maximum Gasteiger partial charge on any atom is 0.573 e. The van der Waals surface area contributed by atoms with E-state index in [1.165, 1.54) is 12.1 Å². The predicted molar refractivity (Wildman–Crippen MR) is 81.7 cm³/mol. The lowest BCUT2D eigenvalue weighted by atomic mass is 10.3. The van der Waals surface area contributed by atoms with Gasteiger partial charge < -0.3 is 20.3 Å². The average molecular weight is 348 g/mol. The summed E-state index contributed by atoms with van der Waals surface area (Å²) in [5.41, 5.74) is 0.350. The summed E-state index contributed by atoms with van der Waals surface area (Å²) in [5.74, 6) is -0.839. The molecule has 1 aromatic carbocycles. The van der Waals surface area contributed by atoms with Crippen LogP contribution in [0.3, 0.4) is 0 Å². The van der Waals surface area contributed by atoms with Crippen LogP contribution in [0, 0.1) is 0 Å². The minimum Gasteiger partial charge on any atom is -0.406 e. The topological polar surface area (TPSA) is 71.9 Å². The summed E-state index contributed by atoms with van der Waals surface area (Å²) in [6.07, 6.45) is -4.76. The van der Waals surface area contributed by atoms with Crippen LogP contribution in [-0.2, 0) is 9.59 Å². The summed E-state index contributed by atoms with van der Waals surface area (Å²) in [4.78, 5) is 24.3. The molecule has 24 heavy (non-hydrogen) atoms. The number of carbonyl (C=O) groups is 2. The first-order valence-electron chi connectivity index (χ1n) is 7.49. The van der Waals surface area contributed by atoms with E-state index in [4.69, 9.17) is 0 Å². The SMILES string of the molecule is CCNC(=O)C[NH+](CC)CC(=O)Nc1ccc(OC(F)(F)F)cc1. The highest BCUT2D eigenvalue weighted by atomic mass is 19.4. The molecule has 1 unspecified atom stereocenters. The number of benzene rings is 1. The quantitative estimate of drug-likeness (QED) is 0.643. The molecule has 0 saturated heterocycles. The van der Waals surface area contributed by atoms with Crippen molar-refractivity contribution in [1.82, 2.24) is 5.32 Å². The van der Waals surface area contributed by atoms with Crippen molar-refractivity contribution >= 4 is 17.5 Å². The van der Waals surface area contributed by atoms with Gasteiger partial charge in [0.25, 0.3) is 11.8 Å². The van der Waals surface area contributed by atoms with E-state index in [0.717, 1.165) is 17.0 Å². The van der Waals surface area contributed by atoms with Crippen LogP contribution in [0.2, 0.25) is 0 Å². The van der Waals surface area contributed by atoms with Gasteiger partial charge in [-0.3, -0.25) is 9.59 Å². The Labute approximate surface area is 138 Å². The van der Waals surface area contributed by atoms with E-state index in [1.807, 2.05) is 13.8 Å². The van der Waals surface area contributed by atoms with Crippen molar-refractivity contribution in [3.05, 3.63) is 24.3 Å². The molecule has 134 valence electrons. The third kappa shape index (κ3) is 7.82. The number of nitrogens with one attached hydrogen (secondary N) is 3. The van der Waals surface area contributed by atoms with Gasteiger partial charge in [-0.2, -0.15) is 0 Å². The van der Waals surface area contributed by atoms with Crippen LogP contribution >= 0.6 is 0 Å². The molecule has 1 atom stereocenters.